The molecule has 6 N–H and O–H groups in total. The molecule has 0 radical (unpaired) electrons. The number of aliphatic hydroxyl groups is 2. The highest BCUT2D eigenvalue weighted by molar-refractivity contribution is 5.79. The summed E-state index contributed by atoms with van der Waals surface area (Å²) in [5, 5.41) is 37.2. The lowest BCUT2D eigenvalue weighted by molar-refractivity contribution is -0.132. The van der Waals surface area contributed by atoms with Crippen molar-refractivity contribution in [3.8, 4) is 11.5 Å². The molecule has 0 bridgehead atoms. The molecule has 6 heteroatoms. The summed E-state index contributed by atoms with van der Waals surface area (Å²) in [6.45, 7) is 0. The predicted molar refractivity (Wildman–Crippen MR) is 49.9 cm³/mol. The SMILES string of the molecule is NC(=O)C(O)C(O)c1c(O)cccc1O. The van der Waals surface area contributed by atoms with Crippen LogP contribution < -0.4 is 5.73 Å². The Labute approximate surface area is 85.2 Å². The van der Waals surface area contributed by atoms with E-state index in [0.29, 0.717) is 0 Å². The number of benzene rings is 1. The minimum atomic E-state index is -1.89. The lowest BCUT2D eigenvalue weighted by Gasteiger charge is -2.17. The highest BCUT2D eigenvalue weighted by Crippen LogP contribution is 2.33. The van der Waals surface area contributed by atoms with Crippen LogP contribution in [0.1, 0.15) is 11.7 Å². The Morgan fingerprint density at radius 2 is 1.67 bits per heavy atom. The standard InChI is InChI=1S/C9H11NO5/c10-9(15)8(14)7(13)6-4(11)2-1-3-5(6)12/h1-3,7-8,11-14H,(H2,10,15). The lowest BCUT2D eigenvalue weighted by Crippen LogP contribution is -2.33. The van der Waals surface area contributed by atoms with E-state index in [4.69, 9.17) is 10.8 Å². The van der Waals surface area contributed by atoms with E-state index in [0.717, 1.165) is 0 Å². The van der Waals surface area contributed by atoms with Crippen molar-refractivity contribution in [3.63, 3.8) is 0 Å². The molecule has 82 valence electrons. The van der Waals surface area contributed by atoms with Crippen molar-refractivity contribution in [2.45, 2.75) is 12.2 Å². The molecule has 0 saturated carbocycles. The molecule has 0 aromatic heterocycles. The van der Waals surface area contributed by atoms with Crippen LogP contribution in [-0.4, -0.2) is 32.4 Å². The Balaban J connectivity index is 3.10. The number of carbonyl (C=O) groups is 1. The van der Waals surface area contributed by atoms with E-state index in [9.17, 15) is 20.1 Å². The lowest BCUT2D eigenvalue weighted by atomic mass is 10.0. The number of primary amides is 1. The van der Waals surface area contributed by atoms with Gasteiger partial charge in [-0.1, -0.05) is 6.07 Å². The van der Waals surface area contributed by atoms with Gasteiger partial charge in [-0.15, -0.1) is 0 Å². The van der Waals surface area contributed by atoms with Gasteiger partial charge in [-0.3, -0.25) is 4.79 Å². The van der Waals surface area contributed by atoms with Crippen molar-refractivity contribution >= 4 is 5.91 Å². The van der Waals surface area contributed by atoms with Gasteiger partial charge in [0.1, 0.15) is 17.6 Å². The molecule has 0 heterocycles. The largest absolute Gasteiger partial charge is 0.507 e. The highest BCUT2D eigenvalue weighted by atomic mass is 16.3. The Kier molecular flexibility index (Phi) is 3.13. The number of phenolic OH excluding ortho intramolecular Hbond substituents is 2. The fourth-order valence-corrected chi connectivity index (χ4v) is 1.16. The average Bonchev–Trinajstić information content (AvgIpc) is 2.15. The number of amides is 1. The smallest absolute Gasteiger partial charge is 0.249 e. The van der Waals surface area contributed by atoms with Gasteiger partial charge in [-0.25, -0.2) is 0 Å². The monoisotopic (exact) mass is 213 g/mol. The Morgan fingerprint density at radius 1 is 1.20 bits per heavy atom. The molecule has 1 aromatic carbocycles. The maximum atomic E-state index is 10.6. The third kappa shape index (κ3) is 2.17. The third-order valence-electron chi connectivity index (χ3n) is 1.95. The fraction of sp³-hybridized carbons (Fsp3) is 0.222. The van der Waals surface area contributed by atoms with Gasteiger partial charge in [0.2, 0.25) is 5.91 Å². The van der Waals surface area contributed by atoms with Crippen LogP contribution in [0.2, 0.25) is 0 Å². The summed E-state index contributed by atoms with van der Waals surface area (Å²) in [6.07, 6.45) is -3.65. The average molecular weight is 213 g/mol. The number of rotatable bonds is 3. The van der Waals surface area contributed by atoms with Crippen molar-refractivity contribution in [2.24, 2.45) is 5.73 Å². The molecular formula is C9H11NO5. The maximum Gasteiger partial charge on any atom is 0.249 e. The number of aromatic hydroxyl groups is 2. The quantitative estimate of drug-likeness (QED) is 0.439. The summed E-state index contributed by atoms with van der Waals surface area (Å²) in [5.74, 6) is -2.00. The normalized spacial score (nSPS) is 14.5. The van der Waals surface area contributed by atoms with Gasteiger partial charge in [0.25, 0.3) is 0 Å². The molecule has 0 saturated heterocycles. The molecule has 2 unspecified atom stereocenters. The summed E-state index contributed by atoms with van der Waals surface area (Å²) in [6, 6.07) is 3.75. The molecule has 1 rings (SSSR count). The highest BCUT2D eigenvalue weighted by Gasteiger charge is 2.28. The molecule has 6 nitrogen and oxygen atoms in total. The molecule has 0 aliphatic rings. The molecule has 0 aliphatic heterocycles. The molecule has 0 fully saturated rings. The van der Waals surface area contributed by atoms with Crippen LogP contribution in [0.3, 0.4) is 0 Å². The zero-order chi connectivity index (χ0) is 11.6. The van der Waals surface area contributed by atoms with E-state index in [1.165, 1.54) is 18.2 Å². The third-order valence-corrected chi connectivity index (χ3v) is 1.95. The molecule has 1 amide bonds. The Bertz CT molecular complexity index is 359. The van der Waals surface area contributed by atoms with Gasteiger partial charge < -0.3 is 26.2 Å². The predicted octanol–water partition coefficient (Wildman–Crippen LogP) is -1.02. The van der Waals surface area contributed by atoms with E-state index in [1.807, 2.05) is 0 Å². The fourth-order valence-electron chi connectivity index (χ4n) is 1.16. The van der Waals surface area contributed by atoms with Gasteiger partial charge >= 0.3 is 0 Å². The van der Waals surface area contributed by atoms with E-state index in [2.05, 4.69) is 0 Å². The first-order valence-electron chi connectivity index (χ1n) is 4.11. The Morgan fingerprint density at radius 3 is 2.07 bits per heavy atom. The number of aliphatic hydroxyl groups excluding tert-OH is 2. The van der Waals surface area contributed by atoms with Gasteiger partial charge in [-0.2, -0.15) is 0 Å². The number of carbonyl (C=O) groups excluding carboxylic acids is 1. The molecule has 15 heavy (non-hydrogen) atoms. The zero-order valence-corrected chi connectivity index (χ0v) is 7.66. The molecule has 1 aromatic rings. The van der Waals surface area contributed by atoms with Crippen molar-refractivity contribution in [3.05, 3.63) is 23.8 Å². The topological polar surface area (TPSA) is 124 Å². The van der Waals surface area contributed by atoms with Gasteiger partial charge in [0.15, 0.2) is 6.10 Å². The summed E-state index contributed by atoms with van der Waals surface area (Å²) >= 11 is 0. The maximum absolute atomic E-state index is 10.6. The number of nitrogens with two attached hydrogens (primary N) is 1. The first-order chi connectivity index (χ1) is 6.95. The van der Waals surface area contributed by atoms with Crippen LogP contribution in [-0.2, 0) is 4.79 Å². The molecule has 2 atom stereocenters. The van der Waals surface area contributed by atoms with Gasteiger partial charge in [-0.05, 0) is 12.1 Å². The van der Waals surface area contributed by atoms with E-state index < -0.39 is 29.6 Å². The number of phenols is 2. The van der Waals surface area contributed by atoms with Crippen molar-refractivity contribution in [1.29, 1.82) is 0 Å². The van der Waals surface area contributed by atoms with Crippen molar-refractivity contribution in [1.82, 2.24) is 0 Å². The summed E-state index contributed by atoms with van der Waals surface area (Å²) < 4.78 is 0. The van der Waals surface area contributed by atoms with Crippen LogP contribution >= 0.6 is 0 Å². The molecule has 0 aliphatic carbocycles. The van der Waals surface area contributed by atoms with E-state index in [1.54, 1.807) is 0 Å². The summed E-state index contributed by atoms with van der Waals surface area (Å²) in [5.41, 5.74) is 4.43. The van der Waals surface area contributed by atoms with Gasteiger partial charge in [0.05, 0.1) is 5.56 Å². The summed E-state index contributed by atoms with van der Waals surface area (Å²) in [4.78, 5) is 10.6. The molecular weight excluding hydrogens is 202 g/mol. The zero-order valence-electron chi connectivity index (χ0n) is 7.66. The second-order valence-corrected chi connectivity index (χ2v) is 3.00. The molecule has 0 spiro atoms. The van der Waals surface area contributed by atoms with Crippen molar-refractivity contribution < 1.29 is 25.2 Å². The first-order valence-corrected chi connectivity index (χ1v) is 4.11. The van der Waals surface area contributed by atoms with Crippen LogP contribution in [0.15, 0.2) is 18.2 Å². The van der Waals surface area contributed by atoms with Crippen LogP contribution in [0.4, 0.5) is 0 Å². The minimum Gasteiger partial charge on any atom is -0.507 e. The van der Waals surface area contributed by atoms with Crippen LogP contribution in [0, 0.1) is 0 Å². The summed E-state index contributed by atoms with van der Waals surface area (Å²) in [7, 11) is 0. The second-order valence-electron chi connectivity index (χ2n) is 3.00. The first kappa shape index (κ1) is 11.3. The Hall–Kier alpha value is -1.79. The second kappa shape index (κ2) is 4.16. The van der Waals surface area contributed by atoms with Gasteiger partial charge in [0, 0.05) is 0 Å². The van der Waals surface area contributed by atoms with Crippen LogP contribution in [0.5, 0.6) is 11.5 Å². The van der Waals surface area contributed by atoms with Crippen LogP contribution in [0.25, 0.3) is 0 Å². The van der Waals surface area contributed by atoms with Crippen molar-refractivity contribution in [2.75, 3.05) is 0 Å². The van der Waals surface area contributed by atoms with E-state index >= 15 is 0 Å². The number of hydrogen-bond donors (Lipinski definition) is 5. The van der Waals surface area contributed by atoms with E-state index in [-0.39, 0.29) is 5.56 Å². The number of hydrogen-bond acceptors (Lipinski definition) is 5. The minimum absolute atomic E-state index is 0.330.